The van der Waals surface area contributed by atoms with E-state index in [1.807, 2.05) is 30.3 Å². The van der Waals surface area contributed by atoms with Crippen LogP contribution in [0.2, 0.25) is 0 Å². The molecule has 156 valence electrons. The standard InChI is InChI=1S/C22H18FN5O2S/c1-28-13-20-17(8-10-19(27-31(20,25)30)14-5-3-2-4-6-14)21(28)22(29)26-16-7-9-18(23)15(11-16)12-24/h2-11,13,19H,1H3,(H,26,29)(H2,25,27,30)/t19-,31?/m0/s1. The first-order valence-corrected chi connectivity index (χ1v) is 10.9. The van der Waals surface area contributed by atoms with Gasteiger partial charge >= 0.3 is 0 Å². The van der Waals surface area contributed by atoms with Gasteiger partial charge in [-0.15, -0.1) is 0 Å². The number of amides is 1. The summed E-state index contributed by atoms with van der Waals surface area (Å²) in [4.78, 5) is 13.2. The Bertz CT molecular complexity index is 1350. The molecule has 1 unspecified atom stereocenters. The number of carbonyl (C=O) groups is 1. The quantitative estimate of drug-likeness (QED) is 0.579. The zero-order valence-electron chi connectivity index (χ0n) is 16.4. The van der Waals surface area contributed by atoms with Crippen LogP contribution in [-0.4, -0.2) is 14.7 Å². The smallest absolute Gasteiger partial charge is 0.272 e. The molecule has 1 aliphatic rings. The molecule has 0 fully saturated rings. The highest BCUT2D eigenvalue weighted by Gasteiger charge is 2.28. The van der Waals surface area contributed by atoms with Gasteiger partial charge in [-0.05, 0) is 23.8 Å². The molecule has 0 saturated carbocycles. The SMILES string of the molecule is Cn1cc2c(c1C(=O)Nc1ccc(F)c(C#N)c1)C=C[C@@H](c1ccccc1)NS2(=N)=O. The van der Waals surface area contributed by atoms with Gasteiger partial charge in [-0.25, -0.2) is 18.1 Å². The van der Waals surface area contributed by atoms with E-state index in [1.54, 1.807) is 25.3 Å². The van der Waals surface area contributed by atoms with Gasteiger partial charge in [0.1, 0.15) is 27.5 Å². The number of halogens is 1. The van der Waals surface area contributed by atoms with E-state index in [1.165, 1.54) is 22.9 Å². The van der Waals surface area contributed by atoms with Crippen LogP contribution in [0.5, 0.6) is 0 Å². The van der Waals surface area contributed by atoms with Crippen molar-refractivity contribution in [3.05, 3.63) is 89.0 Å². The number of hydrogen-bond donors (Lipinski definition) is 3. The van der Waals surface area contributed by atoms with Crippen molar-refractivity contribution in [2.75, 3.05) is 5.32 Å². The highest BCUT2D eigenvalue weighted by atomic mass is 32.2. The van der Waals surface area contributed by atoms with Crippen LogP contribution in [0.4, 0.5) is 10.1 Å². The van der Waals surface area contributed by atoms with E-state index >= 15 is 0 Å². The summed E-state index contributed by atoms with van der Waals surface area (Å²) in [7, 11) is -1.79. The van der Waals surface area contributed by atoms with Gasteiger partial charge in [-0.3, -0.25) is 4.79 Å². The van der Waals surface area contributed by atoms with E-state index in [2.05, 4.69) is 10.0 Å². The number of hydrogen-bond acceptors (Lipinski definition) is 4. The third kappa shape index (κ3) is 3.86. The van der Waals surface area contributed by atoms with E-state index in [-0.39, 0.29) is 21.8 Å². The zero-order valence-corrected chi connectivity index (χ0v) is 17.2. The van der Waals surface area contributed by atoms with E-state index < -0.39 is 27.7 Å². The lowest BCUT2D eigenvalue weighted by atomic mass is 10.1. The molecule has 3 N–H and O–H groups in total. The average Bonchev–Trinajstić information content (AvgIpc) is 3.04. The summed E-state index contributed by atoms with van der Waals surface area (Å²) in [6.07, 6.45) is 4.94. The van der Waals surface area contributed by atoms with Crippen LogP contribution in [0.1, 0.15) is 33.2 Å². The van der Waals surface area contributed by atoms with Crippen molar-refractivity contribution in [2.24, 2.45) is 7.05 Å². The summed E-state index contributed by atoms with van der Waals surface area (Å²) in [5.74, 6) is -1.21. The number of benzene rings is 2. The summed E-state index contributed by atoms with van der Waals surface area (Å²) >= 11 is 0. The highest BCUT2D eigenvalue weighted by molar-refractivity contribution is 7.90. The largest absolute Gasteiger partial charge is 0.345 e. The highest BCUT2D eigenvalue weighted by Crippen LogP contribution is 2.31. The molecule has 9 heteroatoms. The molecule has 0 spiro atoms. The maximum absolute atomic E-state index is 13.6. The lowest BCUT2D eigenvalue weighted by Crippen LogP contribution is -2.25. The van der Waals surface area contributed by atoms with Crippen LogP contribution in [-0.2, 0) is 17.0 Å². The topological polar surface area (TPSA) is 111 Å². The second-order valence-electron chi connectivity index (χ2n) is 7.05. The van der Waals surface area contributed by atoms with E-state index in [9.17, 15) is 13.4 Å². The minimum Gasteiger partial charge on any atom is -0.345 e. The molecule has 7 nitrogen and oxygen atoms in total. The van der Waals surface area contributed by atoms with Crippen LogP contribution in [0.15, 0.2) is 65.7 Å². The molecule has 0 bridgehead atoms. The molecule has 2 atom stereocenters. The fourth-order valence-corrected chi connectivity index (χ4v) is 4.96. The minimum atomic E-state index is -3.41. The molecule has 2 aromatic carbocycles. The fourth-order valence-electron chi connectivity index (χ4n) is 3.48. The molecule has 0 saturated heterocycles. The summed E-state index contributed by atoms with van der Waals surface area (Å²) in [5.41, 5.74) is 1.47. The number of fused-ring (bicyclic) bond motifs is 1. The molecule has 1 aromatic heterocycles. The van der Waals surface area contributed by atoms with E-state index in [4.69, 9.17) is 10.0 Å². The van der Waals surface area contributed by atoms with Gasteiger partial charge in [0.05, 0.1) is 16.5 Å². The third-order valence-corrected chi connectivity index (χ3v) is 6.49. The van der Waals surface area contributed by atoms with Gasteiger partial charge in [-0.2, -0.15) is 5.26 Å². The van der Waals surface area contributed by atoms with Gasteiger partial charge in [-0.1, -0.05) is 42.5 Å². The maximum Gasteiger partial charge on any atom is 0.272 e. The van der Waals surface area contributed by atoms with Crippen molar-refractivity contribution in [1.29, 1.82) is 10.0 Å². The predicted octanol–water partition coefficient (Wildman–Crippen LogP) is 3.97. The molecule has 1 amide bonds. The first kappa shape index (κ1) is 20.5. The number of carbonyl (C=O) groups excluding carboxylic acids is 1. The van der Waals surface area contributed by atoms with Gasteiger partial charge in [0.2, 0.25) is 0 Å². The molecule has 4 rings (SSSR count). The summed E-state index contributed by atoms with van der Waals surface area (Å²) < 4.78 is 39.6. The predicted molar refractivity (Wildman–Crippen MR) is 115 cm³/mol. The molecule has 1 aliphatic heterocycles. The summed E-state index contributed by atoms with van der Waals surface area (Å²) in [6.45, 7) is 0. The number of rotatable bonds is 3. The Labute approximate surface area is 178 Å². The second kappa shape index (κ2) is 7.83. The van der Waals surface area contributed by atoms with Gasteiger partial charge < -0.3 is 9.88 Å². The molecule has 31 heavy (non-hydrogen) atoms. The normalized spacial score (nSPS) is 19.8. The summed E-state index contributed by atoms with van der Waals surface area (Å²) in [6, 6.07) is 14.3. The summed E-state index contributed by atoms with van der Waals surface area (Å²) in [5, 5.41) is 11.6. The maximum atomic E-state index is 13.6. The van der Waals surface area contributed by atoms with Crippen molar-refractivity contribution in [2.45, 2.75) is 10.9 Å². The molecular formula is C22H18FN5O2S. The Morgan fingerprint density at radius 2 is 2.03 bits per heavy atom. The van der Waals surface area contributed by atoms with E-state index in [0.29, 0.717) is 5.56 Å². The Balaban J connectivity index is 1.73. The van der Waals surface area contributed by atoms with Gasteiger partial charge in [0.25, 0.3) is 5.91 Å². The van der Waals surface area contributed by atoms with Crippen molar-refractivity contribution in [3.8, 4) is 6.07 Å². The molecule has 0 aliphatic carbocycles. The Hall–Kier alpha value is -3.74. The van der Waals surface area contributed by atoms with Crippen LogP contribution < -0.4 is 10.0 Å². The van der Waals surface area contributed by atoms with Crippen LogP contribution in [0.25, 0.3) is 6.08 Å². The number of aromatic nitrogens is 1. The zero-order chi connectivity index (χ0) is 22.2. The minimum absolute atomic E-state index is 0.188. The Morgan fingerprint density at radius 1 is 1.29 bits per heavy atom. The van der Waals surface area contributed by atoms with Crippen molar-refractivity contribution in [1.82, 2.24) is 9.29 Å². The number of nitrogens with one attached hydrogen (secondary N) is 3. The number of anilines is 1. The molecule has 2 heterocycles. The Kier molecular flexibility index (Phi) is 5.19. The lowest BCUT2D eigenvalue weighted by Gasteiger charge is -2.15. The van der Waals surface area contributed by atoms with Crippen molar-refractivity contribution < 1.29 is 13.4 Å². The number of nitriles is 1. The van der Waals surface area contributed by atoms with Crippen LogP contribution in [0, 0.1) is 21.9 Å². The lowest BCUT2D eigenvalue weighted by molar-refractivity contribution is 0.101. The van der Waals surface area contributed by atoms with Crippen molar-refractivity contribution >= 4 is 27.6 Å². The Morgan fingerprint density at radius 3 is 2.74 bits per heavy atom. The van der Waals surface area contributed by atoms with E-state index in [0.717, 1.165) is 11.6 Å². The fraction of sp³-hybridized carbons (Fsp3) is 0.0909. The van der Waals surface area contributed by atoms with Crippen molar-refractivity contribution in [3.63, 3.8) is 0 Å². The molecule has 0 radical (unpaired) electrons. The number of nitrogens with zero attached hydrogens (tertiary/aromatic N) is 2. The van der Waals surface area contributed by atoms with Crippen LogP contribution >= 0.6 is 0 Å². The van der Waals surface area contributed by atoms with Crippen LogP contribution in [0.3, 0.4) is 0 Å². The van der Waals surface area contributed by atoms with Gasteiger partial charge in [0, 0.05) is 24.5 Å². The molecular weight excluding hydrogens is 417 g/mol. The first-order chi connectivity index (χ1) is 14.8. The second-order valence-corrected chi connectivity index (χ2v) is 8.84. The monoisotopic (exact) mass is 435 g/mol. The first-order valence-electron chi connectivity index (χ1n) is 9.29. The average molecular weight is 435 g/mol. The molecule has 3 aromatic rings. The third-order valence-electron chi connectivity index (χ3n) is 4.96. The number of aryl methyl sites for hydroxylation is 1. The van der Waals surface area contributed by atoms with Gasteiger partial charge in [0.15, 0.2) is 0 Å².